The number of carbonyl (C=O) groups excluding carboxylic acids is 2. The van der Waals surface area contributed by atoms with Crippen LogP contribution in [-0.4, -0.2) is 35.9 Å². The van der Waals surface area contributed by atoms with Crippen molar-refractivity contribution >= 4 is 12.1 Å². The molecule has 1 amide bonds. The van der Waals surface area contributed by atoms with Crippen LogP contribution in [-0.2, 0) is 20.9 Å². The number of aliphatic hydroxyl groups is 1. The zero-order chi connectivity index (χ0) is 20.4. The van der Waals surface area contributed by atoms with Crippen molar-refractivity contribution in [2.75, 3.05) is 13.2 Å². The molecule has 1 aromatic rings. The highest BCUT2D eigenvalue weighted by molar-refractivity contribution is 5.68. The lowest BCUT2D eigenvalue weighted by molar-refractivity contribution is -0.143. The van der Waals surface area contributed by atoms with Gasteiger partial charge in [-0.05, 0) is 49.5 Å². The molecule has 2 N–H and O–H groups in total. The van der Waals surface area contributed by atoms with Crippen LogP contribution in [0.5, 0.6) is 0 Å². The molecule has 0 heterocycles. The second-order valence-corrected chi connectivity index (χ2v) is 7.80. The van der Waals surface area contributed by atoms with Gasteiger partial charge in [-0.3, -0.25) is 4.79 Å². The SMILES string of the molecule is CC(=O)OC[C@H](C)[C@@H]1CCC[C@]1(CCCCO)NC(=O)OCc1ccccc1. The molecule has 1 saturated carbocycles. The van der Waals surface area contributed by atoms with Gasteiger partial charge < -0.3 is 19.9 Å². The first-order valence-corrected chi connectivity index (χ1v) is 10.2. The van der Waals surface area contributed by atoms with Crippen molar-refractivity contribution in [3.63, 3.8) is 0 Å². The Hall–Kier alpha value is -2.08. The Morgan fingerprint density at radius 2 is 2.00 bits per heavy atom. The molecule has 0 saturated heterocycles. The molecular formula is C22H33NO5. The lowest BCUT2D eigenvalue weighted by Crippen LogP contribution is -2.53. The third-order valence-corrected chi connectivity index (χ3v) is 5.68. The maximum absolute atomic E-state index is 12.6. The van der Waals surface area contributed by atoms with Crippen molar-refractivity contribution in [2.24, 2.45) is 11.8 Å². The molecule has 0 spiro atoms. The number of benzene rings is 1. The summed E-state index contributed by atoms with van der Waals surface area (Å²) in [7, 11) is 0. The summed E-state index contributed by atoms with van der Waals surface area (Å²) < 4.78 is 10.7. The van der Waals surface area contributed by atoms with Gasteiger partial charge in [0.1, 0.15) is 6.61 Å². The molecular weight excluding hydrogens is 358 g/mol. The molecule has 6 nitrogen and oxygen atoms in total. The first kappa shape index (κ1) is 22.2. The Labute approximate surface area is 167 Å². The number of hydrogen-bond donors (Lipinski definition) is 2. The fourth-order valence-electron chi connectivity index (χ4n) is 4.34. The highest BCUT2D eigenvalue weighted by Gasteiger charge is 2.46. The Kier molecular flexibility index (Phi) is 8.77. The van der Waals surface area contributed by atoms with Crippen LogP contribution in [0.1, 0.15) is 57.9 Å². The largest absolute Gasteiger partial charge is 0.466 e. The summed E-state index contributed by atoms with van der Waals surface area (Å²) in [4.78, 5) is 23.8. The predicted molar refractivity (Wildman–Crippen MR) is 107 cm³/mol. The molecule has 0 aromatic heterocycles. The van der Waals surface area contributed by atoms with Gasteiger partial charge in [-0.15, -0.1) is 0 Å². The van der Waals surface area contributed by atoms with Gasteiger partial charge in [-0.2, -0.15) is 0 Å². The van der Waals surface area contributed by atoms with Gasteiger partial charge in [0.15, 0.2) is 0 Å². The Bertz CT molecular complexity index is 621. The fourth-order valence-corrected chi connectivity index (χ4v) is 4.34. The van der Waals surface area contributed by atoms with Crippen molar-refractivity contribution < 1.29 is 24.2 Å². The molecule has 0 radical (unpaired) electrons. The number of aliphatic hydroxyl groups excluding tert-OH is 1. The molecule has 6 heteroatoms. The van der Waals surface area contributed by atoms with Crippen molar-refractivity contribution in [1.82, 2.24) is 5.32 Å². The number of amides is 1. The molecule has 1 aliphatic carbocycles. The molecule has 3 atom stereocenters. The number of esters is 1. The van der Waals surface area contributed by atoms with Crippen LogP contribution in [0.25, 0.3) is 0 Å². The van der Waals surface area contributed by atoms with Gasteiger partial charge in [0.25, 0.3) is 0 Å². The van der Waals surface area contributed by atoms with E-state index < -0.39 is 6.09 Å². The third-order valence-electron chi connectivity index (χ3n) is 5.68. The highest BCUT2D eigenvalue weighted by Crippen LogP contribution is 2.43. The molecule has 1 fully saturated rings. The summed E-state index contributed by atoms with van der Waals surface area (Å²) in [5.41, 5.74) is 0.556. The quantitative estimate of drug-likeness (QED) is 0.468. The summed E-state index contributed by atoms with van der Waals surface area (Å²) in [6.07, 6.45) is 4.74. The second kappa shape index (κ2) is 11.1. The van der Waals surface area contributed by atoms with Gasteiger partial charge in [-0.25, -0.2) is 4.79 Å². The van der Waals surface area contributed by atoms with Crippen molar-refractivity contribution in [2.45, 2.75) is 64.5 Å². The van der Waals surface area contributed by atoms with E-state index >= 15 is 0 Å². The van der Waals surface area contributed by atoms with E-state index in [4.69, 9.17) is 14.6 Å². The number of unbranched alkanes of at least 4 members (excludes halogenated alkanes) is 1. The lowest BCUT2D eigenvalue weighted by atomic mass is 9.76. The Balaban J connectivity index is 2.03. The predicted octanol–water partition coefficient (Wildman–Crippen LogP) is 3.81. The minimum Gasteiger partial charge on any atom is -0.466 e. The van der Waals surface area contributed by atoms with Crippen LogP contribution in [0.4, 0.5) is 4.79 Å². The maximum Gasteiger partial charge on any atom is 0.407 e. The summed E-state index contributed by atoms with van der Waals surface area (Å²) in [5.74, 6) is 0.0516. The van der Waals surface area contributed by atoms with E-state index in [0.717, 1.165) is 37.7 Å². The van der Waals surface area contributed by atoms with E-state index in [9.17, 15) is 9.59 Å². The van der Waals surface area contributed by atoms with Crippen molar-refractivity contribution in [3.8, 4) is 0 Å². The first-order chi connectivity index (χ1) is 13.5. The average Bonchev–Trinajstić information content (AvgIpc) is 3.09. The summed E-state index contributed by atoms with van der Waals surface area (Å²) in [5, 5.41) is 12.3. The molecule has 0 unspecified atom stereocenters. The van der Waals surface area contributed by atoms with E-state index in [2.05, 4.69) is 12.2 Å². The fraction of sp³-hybridized carbons (Fsp3) is 0.636. The number of alkyl carbamates (subject to hydrolysis) is 1. The normalized spacial score (nSPS) is 22.5. The number of hydrogen-bond acceptors (Lipinski definition) is 5. The molecule has 28 heavy (non-hydrogen) atoms. The van der Waals surface area contributed by atoms with Gasteiger partial charge in [0.2, 0.25) is 0 Å². The summed E-state index contributed by atoms with van der Waals surface area (Å²) in [6, 6.07) is 9.59. The lowest BCUT2D eigenvalue weighted by Gasteiger charge is -2.39. The van der Waals surface area contributed by atoms with Crippen LogP contribution in [0, 0.1) is 11.8 Å². The summed E-state index contributed by atoms with van der Waals surface area (Å²) in [6.45, 7) is 4.20. The van der Waals surface area contributed by atoms with Gasteiger partial charge in [-0.1, -0.05) is 43.7 Å². The van der Waals surface area contributed by atoms with E-state index in [-0.39, 0.29) is 36.6 Å². The number of nitrogens with one attached hydrogen (secondary N) is 1. The zero-order valence-corrected chi connectivity index (χ0v) is 17.0. The zero-order valence-electron chi connectivity index (χ0n) is 17.0. The molecule has 0 aliphatic heterocycles. The minimum absolute atomic E-state index is 0.134. The van der Waals surface area contributed by atoms with E-state index in [0.29, 0.717) is 13.0 Å². The van der Waals surface area contributed by atoms with Crippen LogP contribution < -0.4 is 5.32 Å². The van der Waals surface area contributed by atoms with Crippen LogP contribution in [0.3, 0.4) is 0 Å². The third kappa shape index (κ3) is 6.51. The van der Waals surface area contributed by atoms with Gasteiger partial charge in [0.05, 0.1) is 6.61 Å². The Morgan fingerprint density at radius 3 is 2.68 bits per heavy atom. The molecule has 1 aliphatic rings. The number of rotatable bonds is 10. The van der Waals surface area contributed by atoms with Crippen LogP contribution in [0.15, 0.2) is 30.3 Å². The topological polar surface area (TPSA) is 84.9 Å². The van der Waals surface area contributed by atoms with E-state index in [1.165, 1.54) is 6.92 Å². The second-order valence-electron chi connectivity index (χ2n) is 7.80. The van der Waals surface area contributed by atoms with Crippen LogP contribution in [0.2, 0.25) is 0 Å². The molecule has 2 rings (SSSR count). The minimum atomic E-state index is -0.417. The van der Waals surface area contributed by atoms with E-state index in [1.54, 1.807) is 0 Å². The maximum atomic E-state index is 12.6. The monoisotopic (exact) mass is 391 g/mol. The van der Waals surface area contributed by atoms with Crippen molar-refractivity contribution in [1.29, 1.82) is 0 Å². The van der Waals surface area contributed by atoms with Gasteiger partial charge >= 0.3 is 12.1 Å². The highest BCUT2D eigenvalue weighted by atomic mass is 16.5. The summed E-state index contributed by atoms with van der Waals surface area (Å²) >= 11 is 0. The average molecular weight is 392 g/mol. The molecule has 0 bridgehead atoms. The number of carbonyl (C=O) groups is 2. The van der Waals surface area contributed by atoms with Crippen molar-refractivity contribution in [3.05, 3.63) is 35.9 Å². The smallest absolute Gasteiger partial charge is 0.407 e. The number of ether oxygens (including phenoxy) is 2. The Morgan fingerprint density at radius 1 is 1.25 bits per heavy atom. The van der Waals surface area contributed by atoms with Crippen LogP contribution >= 0.6 is 0 Å². The van der Waals surface area contributed by atoms with Gasteiger partial charge in [0, 0.05) is 19.1 Å². The van der Waals surface area contributed by atoms with E-state index in [1.807, 2.05) is 30.3 Å². The first-order valence-electron chi connectivity index (χ1n) is 10.2. The standard InChI is InChI=1S/C22H33NO5/c1-17(15-27-18(2)25)20-11-8-13-22(20,12-6-7-14-24)23-21(26)28-16-19-9-4-3-5-10-19/h3-5,9-10,17,20,24H,6-8,11-16H2,1-2H3,(H,23,26)/t17-,20-,22-/m0/s1. The molecule has 1 aromatic carbocycles. The molecule has 156 valence electrons.